The van der Waals surface area contributed by atoms with Crippen molar-refractivity contribution in [2.24, 2.45) is 5.92 Å². The first-order chi connectivity index (χ1) is 8.15. The lowest BCUT2D eigenvalue weighted by Gasteiger charge is -2.35. The van der Waals surface area contributed by atoms with Crippen LogP contribution in [0.4, 0.5) is 0 Å². The fourth-order valence-corrected chi connectivity index (χ4v) is 2.53. The first-order valence-corrected chi connectivity index (χ1v) is 6.66. The fraction of sp³-hybridized carbons (Fsp3) is 0.571. The van der Waals surface area contributed by atoms with Crippen LogP contribution in [0.5, 0.6) is 5.75 Å². The summed E-state index contributed by atoms with van der Waals surface area (Å²) in [6.07, 6.45) is 2.45. The Morgan fingerprint density at radius 2 is 2.29 bits per heavy atom. The maximum atomic E-state index is 6.07. The van der Waals surface area contributed by atoms with Crippen molar-refractivity contribution >= 4 is 11.6 Å². The summed E-state index contributed by atoms with van der Waals surface area (Å²) in [5.41, 5.74) is 1.18. The van der Waals surface area contributed by atoms with Gasteiger partial charge in [0.25, 0.3) is 0 Å². The third kappa shape index (κ3) is 2.58. The maximum absolute atomic E-state index is 6.07. The average molecular weight is 254 g/mol. The summed E-state index contributed by atoms with van der Waals surface area (Å²) in [5.74, 6) is 1.56. The Bertz CT molecular complexity index is 394. The third-order valence-electron chi connectivity index (χ3n) is 3.72. The predicted molar refractivity (Wildman–Crippen MR) is 71.7 cm³/mol. The zero-order valence-corrected chi connectivity index (χ0v) is 11.4. The Labute approximate surface area is 108 Å². The molecule has 3 heteroatoms. The molecule has 3 atom stereocenters. The monoisotopic (exact) mass is 253 g/mol. The van der Waals surface area contributed by atoms with Crippen LogP contribution in [-0.4, -0.2) is 13.2 Å². The molecule has 2 rings (SSSR count). The van der Waals surface area contributed by atoms with Gasteiger partial charge in [-0.15, -0.1) is 0 Å². The summed E-state index contributed by atoms with van der Waals surface area (Å²) < 4.78 is 6.07. The van der Waals surface area contributed by atoms with E-state index in [0.29, 0.717) is 18.1 Å². The van der Waals surface area contributed by atoms with E-state index in [2.05, 4.69) is 19.2 Å². The Balaban J connectivity index is 2.29. The molecular weight excluding hydrogens is 234 g/mol. The van der Waals surface area contributed by atoms with Crippen LogP contribution in [0.2, 0.25) is 5.02 Å². The van der Waals surface area contributed by atoms with Crippen LogP contribution >= 0.6 is 11.6 Å². The van der Waals surface area contributed by atoms with Crippen LogP contribution in [0.1, 0.15) is 38.3 Å². The minimum Gasteiger partial charge on any atom is -0.490 e. The number of hydrogen-bond donors (Lipinski definition) is 1. The number of hydrogen-bond acceptors (Lipinski definition) is 2. The van der Waals surface area contributed by atoms with Crippen molar-refractivity contribution in [3.05, 3.63) is 28.8 Å². The molecule has 0 saturated heterocycles. The lowest BCUT2D eigenvalue weighted by Crippen LogP contribution is -2.35. The summed E-state index contributed by atoms with van der Waals surface area (Å²) in [4.78, 5) is 0. The van der Waals surface area contributed by atoms with E-state index < -0.39 is 0 Å². The molecule has 3 unspecified atom stereocenters. The molecule has 1 N–H and O–H groups in total. The smallest absolute Gasteiger partial charge is 0.124 e. The van der Waals surface area contributed by atoms with Crippen molar-refractivity contribution in [2.75, 3.05) is 7.05 Å². The quantitative estimate of drug-likeness (QED) is 0.885. The summed E-state index contributed by atoms with van der Waals surface area (Å²) >= 11 is 6.04. The molecule has 94 valence electrons. The van der Waals surface area contributed by atoms with Crippen molar-refractivity contribution in [1.29, 1.82) is 0 Å². The van der Waals surface area contributed by atoms with Gasteiger partial charge in [0.15, 0.2) is 0 Å². The van der Waals surface area contributed by atoms with E-state index in [1.165, 1.54) is 5.56 Å². The van der Waals surface area contributed by atoms with Crippen LogP contribution in [0.25, 0.3) is 0 Å². The zero-order valence-electron chi connectivity index (χ0n) is 10.7. The molecule has 0 bridgehead atoms. The van der Waals surface area contributed by atoms with Crippen LogP contribution in [0, 0.1) is 5.92 Å². The minimum atomic E-state index is 0.297. The number of benzene rings is 1. The molecule has 0 amide bonds. The number of rotatable bonds is 3. The molecule has 2 nitrogen and oxygen atoms in total. The molecule has 0 aromatic heterocycles. The van der Waals surface area contributed by atoms with Gasteiger partial charge in [-0.25, -0.2) is 0 Å². The highest BCUT2D eigenvalue weighted by Gasteiger charge is 2.30. The third-order valence-corrected chi connectivity index (χ3v) is 3.96. The molecule has 0 fully saturated rings. The summed E-state index contributed by atoms with van der Waals surface area (Å²) in [6, 6.07) is 6.23. The normalized spacial score (nSPS) is 24.9. The van der Waals surface area contributed by atoms with Gasteiger partial charge >= 0.3 is 0 Å². The highest BCUT2D eigenvalue weighted by Crippen LogP contribution is 2.38. The van der Waals surface area contributed by atoms with Gasteiger partial charge in [0, 0.05) is 23.0 Å². The van der Waals surface area contributed by atoms with Gasteiger partial charge in [0.05, 0.1) is 0 Å². The van der Waals surface area contributed by atoms with Gasteiger partial charge in [0.2, 0.25) is 0 Å². The number of fused-ring (bicyclic) bond motifs is 1. The topological polar surface area (TPSA) is 21.3 Å². The lowest BCUT2D eigenvalue weighted by atomic mass is 9.89. The van der Waals surface area contributed by atoms with E-state index in [1.807, 2.05) is 25.2 Å². The molecule has 0 radical (unpaired) electrons. The second-order valence-corrected chi connectivity index (χ2v) is 5.24. The zero-order chi connectivity index (χ0) is 12.4. The van der Waals surface area contributed by atoms with Crippen molar-refractivity contribution in [1.82, 2.24) is 5.32 Å². The number of nitrogens with one attached hydrogen (secondary N) is 1. The van der Waals surface area contributed by atoms with Crippen LogP contribution in [0.3, 0.4) is 0 Å². The minimum absolute atomic E-state index is 0.297. The molecule has 1 aromatic carbocycles. The summed E-state index contributed by atoms with van der Waals surface area (Å²) in [5, 5.41) is 4.13. The average Bonchev–Trinajstić information content (AvgIpc) is 2.36. The molecule has 0 aliphatic carbocycles. The van der Waals surface area contributed by atoms with Gasteiger partial charge in [-0.1, -0.05) is 31.9 Å². The number of ether oxygens (including phenoxy) is 1. The molecule has 1 aliphatic rings. The van der Waals surface area contributed by atoms with E-state index in [0.717, 1.165) is 23.6 Å². The lowest BCUT2D eigenvalue weighted by molar-refractivity contribution is 0.0995. The Morgan fingerprint density at radius 1 is 1.53 bits per heavy atom. The largest absolute Gasteiger partial charge is 0.490 e. The number of halogens is 1. The fourth-order valence-electron chi connectivity index (χ4n) is 2.35. The van der Waals surface area contributed by atoms with E-state index >= 15 is 0 Å². The van der Waals surface area contributed by atoms with Gasteiger partial charge in [-0.2, -0.15) is 0 Å². The van der Waals surface area contributed by atoms with E-state index in [9.17, 15) is 0 Å². The molecular formula is C14H20ClNO. The van der Waals surface area contributed by atoms with Gasteiger partial charge in [-0.3, -0.25) is 0 Å². The highest BCUT2D eigenvalue weighted by atomic mass is 35.5. The van der Waals surface area contributed by atoms with Gasteiger partial charge in [-0.05, 0) is 31.2 Å². The first-order valence-electron chi connectivity index (χ1n) is 6.29. The van der Waals surface area contributed by atoms with Crippen molar-refractivity contribution < 1.29 is 4.74 Å². The first kappa shape index (κ1) is 12.7. The molecule has 0 spiro atoms. The van der Waals surface area contributed by atoms with E-state index in [1.54, 1.807) is 0 Å². The summed E-state index contributed by atoms with van der Waals surface area (Å²) in [6.45, 7) is 4.46. The van der Waals surface area contributed by atoms with Crippen molar-refractivity contribution in [3.8, 4) is 5.75 Å². The Hall–Kier alpha value is -0.730. The highest BCUT2D eigenvalue weighted by molar-refractivity contribution is 6.30. The maximum Gasteiger partial charge on any atom is 0.124 e. The Kier molecular flexibility index (Phi) is 3.95. The van der Waals surface area contributed by atoms with Gasteiger partial charge < -0.3 is 10.1 Å². The predicted octanol–water partition coefficient (Wildman–Crippen LogP) is 3.80. The standard InChI is InChI=1S/C14H20ClNO/c1-4-9(2)14-8-12(16-3)11-7-10(15)5-6-13(11)17-14/h5-7,9,12,14,16H,4,8H2,1-3H3. The Morgan fingerprint density at radius 3 is 2.94 bits per heavy atom. The van der Waals surface area contributed by atoms with Crippen molar-refractivity contribution in [2.45, 2.75) is 38.8 Å². The molecule has 0 saturated carbocycles. The van der Waals surface area contributed by atoms with Crippen molar-refractivity contribution in [3.63, 3.8) is 0 Å². The SMILES string of the molecule is CCC(C)C1CC(NC)c2cc(Cl)ccc2O1. The van der Waals surface area contributed by atoms with Crippen LogP contribution < -0.4 is 10.1 Å². The second-order valence-electron chi connectivity index (χ2n) is 4.80. The summed E-state index contributed by atoms with van der Waals surface area (Å²) in [7, 11) is 1.99. The van der Waals surface area contributed by atoms with E-state index in [4.69, 9.17) is 16.3 Å². The molecule has 1 aliphatic heterocycles. The van der Waals surface area contributed by atoms with Gasteiger partial charge in [0.1, 0.15) is 11.9 Å². The molecule has 17 heavy (non-hydrogen) atoms. The second kappa shape index (κ2) is 5.28. The molecule has 1 heterocycles. The van der Waals surface area contributed by atoms with Crippen LogP contribution in [-0.2, 0) is 0 Å². The van der Waals surface area contributed by atoms with E-state index in [-0.39, 0.29) is 0 Å². The van der Waals surface area contributed by atoms with Crippen LogP contribution in [0.15, 0.2) is 18.2 Å². The molecule has 1 aromatic rings.